The van der Waals surface area contributed by atoms with Gasteiger partial charge in [-0.1, -0.05) is 6.92 Å². The molecule has 0 bridgehead atoms. The maximum atomic E-state index is 4.83. The zero-order valence-corrected chi connectivity index (χ0v) is 14.0. The summed E-state index contributed by atoms with van der Waals surface area (Å²) in [5.74, 6) is 1.15. The molecule has 3 nitrogen and oxygen atoms in total. The van der Waals surface area contributed by atoms with Crippen molar-refractivity contribution in [2.75, 3.05) is 24.0 Å². The summed E-state index contributed by atoms with van der Waals surface area (Å²) >= 11 is 3.75. The van der Waals surface area contributed by atoms with Crippen molar-refractivity contribution < 1.29 is 0 Å². The summed E-state index contributed by atoms with van der Waals surface area (Å²) in [6.45, 7) is 5.46. The largest absolute Gasteiger partial charge is 0.348 e. The monoisotopic (exact) mass is 299 g/mol. The molecule has 5 heteroatoms. The number of aryl methyl sites for hydroxylation is 1. The number of nitrogens with zero attached hydrogens (tertiary/aromatic N) is 2. The number of aromatic nitrogens is 1. The molecule has 0 saturated heterocycles. The van der Waals surface area contributed by atoms with Crippen LogP contribution >= 0.6 is 23.1 Å². The van der Waals surface area contributed by atoms with E-state index in [-0.39, 0.29) is 0 Å². The van der Waals surface area contributed by atoms with Gasteiger partial charge in [-0.25, -0.2) is 4.98 Å². The van der Waals surface area contributed by atoms with Crippen molar-refractivity contribution in [3.63, 3.8) is 0 Å². The van der Waals surface area contributed by atoms with Gasteiger partial charge in [0.1, 0.15) is 0 Å². The molecule has 1 saturated carbocycles. The Hall–Kier alpha value is -0.260. The molecule has 1 aliphatic rings. The van der Waals surface area contributed by atoms with Gasteiger partial charge in [-0.3, -0.25) is 0 Å². The van der Waals surface area contributed by atoms with Crippen LogP contribution in [-0.4, -0.2) is 36.1 Å². The van der Waals surface area contributed by atoms with Crippen LogP contribution in [0.5, 0.6) is 0 Å². The Morgan fingerprint density at radius 2 is 2.26 bits per heavy atom. The molecule has 1 atom stereocenters. The molecule has 2 rings (SSSR count). The fourth-order valence-corrected chi connectivity index (χ4v) is 3.87. The number of nitrogens with one attached hydrogen (secondary N) is 1. The highest BCUT2D eigenvalue weighted by Gasteiger charge is 2.22. The molecule has 1 aliphatic carbocycles. The van der Waals surface area contributed by atoms with Crippen LogP contribution in [0.15, 0.2) is 0 Å². The fourth-order valence-electron chi connectivity index (χ4n) is 2.00. The smallest absolute Gasteiger partial charge is 0.185 e. The van der Waals surface area contributed by atoms with Crippen LogP contribution in [0.4, 0.5) is 5.13 Å². The first-order valence-corrected chi connectivity index (χ1v) is 9.30. The van der Waals surface area contributed by atoms with Crippen molar-refractivity contribution in [2.24, 2.45) is 0 Å². The topological polar surface area (TPSA) is 28.2 Å². The lowest BCUT2D eigenvalue weighted by Gasteiger charge is -2.23. The summed E-state index contributed by atoms with van der Waals surface area (Å²) < 4.78 is 0. The van der Waals surface area contributed by atoms with Gasteiger partial charge in [0.2, 0.25) is 0 Å². The van der Waals surface area contributed by atoms with Crippen molar-refractivity contribution in [1.29, 1.82) is 0 Å². The summed E-state index contributed by atoms with van der Waals surface area (Å²) in [7, 11) is 2.16. The van der Waals surface area contributed by atoms with Gasteiger partial charge in [0, 0.05) is 36.3 Å². The van der Waals surface area contributed by atoms with Crippen molar-refractivity contribution in [3.8, 4) is 0 Å². The quantitative estimate of drug-likeness (QED) is 0.798. The first-order chi connectivity index (χ1) is 9.15. The molecule has 108 valence electrons. The van der Waals surface area contributed by atoms with Crippen LogP contribution in [0, 0.1) is 0 Å². The second-order valence-corrected chi connectivity index (χ2v) is 7.26. The molecule has 1 unspecified atom stereocenters. The Labute approximate surface area is 125 Å². The van der Waals surface area contributed by atoms with Crippen LogP contribution in [0.2, 0.25) is 0 Å². The number of hydrogen-bond acceptors (Lipinski definition) is 5. The molecule has 1 aromatic rings. The summed E-state index contributed by atoms with van der Waals surface area (Å²) in [5.41, 5.74) is 1.27. The van der Waals surface area contributed by atoms with Gasteiger partial charge in [-0.2, -0.15) is 11.8 Å². The first-order valence-electron chi connectivity index (χ1n) is 7.09. The van der Waals surface area contributed by atoms with E-state index in [1.165, 1.54) is 28.5 Å². The molecule has 1 aromatic heterocycles. The minimum atomic E-state index is 0.537. The zero-order chi connectivity index (χ0) is 13.8. The normalized spacial score (nSPS) is 16.6. The highest BCUT2D eigenvalue weighted by atomic mass is 32.2. The molecule has 0 spiro atoms. The Morgan fingerprint density at radius 3 is 2.84 bits per heavy atom. The van der Waals surface area contributed by atoms with E-state index in [1.54, 1.807) is 0 Å². The summed E-state index contributed by atoms with van der Waals surface area (Å²) in [4.78, 5) is 8.57. The minimum Gasteiger partial charge on any atom is -0.348 e. The fraction of sp³-hybridized carbons (Fsp3) is 0.786. The van der Waals surface area contributed by atoms with E-state index in [9.17, 15) is 0 Å². The van der Waals surface area contributed by atoms with E-state index < -0.39 is 0 Å². The van der Waals surface area contributed by atoms with Crippen molar-refractivity contribution in [1.82, 2.24) is 10.3 Å². The number of rotatable bonds is 8. The van der Waals surface area contributed by atoms with E-state index in [4.69, 9.17) is 4.98 Å². The van der Waals surface area contributed by atoms with Crippen LogP contribution in [0.25, 0.3) is 0 Å². The summed E-state index contributed by atoms with van der Waals surface area (Å²) in [5, 5.41) is 4.77. The zero-order valence-electron chi connectivity index (χ0n) is 12.4. The van der Waals surface area contributed by atoms with Gasteiger partial charge >= 0.3 is 0 Å². The molecule has 1 fully saturated rings. The Bertz CT molecular complexity index is 401. The molecule has 0 radical (unpaired) electrons. The Morgan fingerprint density at radius 1 is 1.53 bits per heavy atom. The summed E-state index contributed by atoms with van der Waals surface area (Å²) in [6, 6.07) is 1.30. The average Bonchev–Trinajstić information content (AvgIpc) is 3.14. The predicted octanol–water partition coefficient (Wildman–Crippen LogP) is 3.15. The number of thiazole rings is 1. The Kier molecular flexibility index (Phi) is 5.54. The highest BCUT2D eigenvalue weighted by molar-refractivity contribution is 7.98. The minimum absolute atomic E-state index is 0.537. The van der Waals surface area contributed by atoms with Crippen molar-refractivity contribution >= 4 is 28.2 Å². The molecule has 1 N–H and O–H groups in total. The number of anilines is 1. The van der Waals surface area contributed by atoms with Gasteiger partial charge in [0.25, 0.3) is 0 Å². The Balaban J connectivity index is 2.03. The van der Waals surface area contributed by atoms with E-state index in [1.807, 2.05) is 23.1 Å². The summed E-state index contributed by atoms with van der Waals surface area (Å²) in [6.07, 6.45) is 5.88. The third kappa shape index (κ3) is 4.10. The average molecular weight is 300 g/mol. The third-order valence-electron chi connectivity index (χ3n) is 3.60. The van der Waals surface area contributed by atoms with Crippen LogP contribution < -0.4 is 10.2 Å². The highest BCUT2D eigenvalue weighted by Crippen LogP contribution is 2.29. The standard InChI is InChI=1S/C14H25N3S2/c1-5-12-13(8-15-11-6-7-11)19-14(16-12)17(3)10(2)9-18-4/h10-11,15H,5-9H2,1-4H3. The molecular formula is C14H25N3S2. The van der Waals surface area contributed by atoms with Crippen molar-refractivity contribution in [2.45, 2.75) is 51.7 Å². The number of hydrogen-bond donors (Lipinski definition) is 1. The lowest BCUT2D eigenvalue weighted by molar-refractivity contribution is 0.689. The van der Waals surface area contributed by atoms with E-state index in [2.05, 4.69) is 37.4 Å². The lowest BCUT2D eigenvalue weighted by atomic mass is 10.3. The van der Waals surface area contributed by atoms with Gasteiger partial charge in [0.05, 0.1) is 5.69 Å². The predicted molar refractivity (Wildman–Crippen MR) is 87.6 cm³/mol. The van der Waals surface area contributed by atoms with Gasteiger partial charge in [0.15, 0.2) is 5.13 Å². The SMILES string of the molecule is CCc1nc(N(C)C(C)CSC)sc1CNC1CC1. The second kappa shape index (κ2) is 6.95. The molecule has 0 aromatic carbocycles. The van der Waals surface area contributed by atoms with Crippen LogP contribution in [0.1, 0.15) is 37.3 Å². The van der Waals surface area contributed by atoms with E-state index in [0.717, 1.165) is 24.8 Å². The van der Waals surface area contributed by atoms with E-state index in [0.29, 0.717) is 6.04 Å². The third-order valence-corrected chi connectivity index (χ3v) is 5.61. The molecule has 0 aliphatic heterocycles. The van der Waals surface area contributed by atoms with E-state index >= 15 is 0 Å². The molecule has 19 heavy (non-hydrogen) atoms. The maximum absolute atomic E-state index is 4.83. The van der Waals surface area contributed by atoms with Gasteiger partial charge < -0.3 is 10.2 Å². The van der Waals surface area contributed by atoms with Crippen LogP contribution in [-0.2, 0) is 13.0 Å². The number of thioether (sulfide) groups is 1. The maximum Gasteiger partial charge on any atom is 0.185 e. The van der Waals surface area contributed by atoms with Gasteiger partial charge in [-0.05, 0) is 32.4 Å². The van der Waals surface area contributed by atoms with Crippen molar-refractivity contribution in [3.05, 3.63) is 10.6 Å². The molecule has 1 heterocycles. The van der Waals surface area contributed by atoms with Crippen LogP contribution in [0.3, 0.4) is 0 Å². The first kappa shape index (κ1) is 15.1. The molecular weight excluding hydrogens is 274 g/mol. The van der Waals surface area contributed by atoms with Gasteiger partial charge in [-0.15, -0.1) is 11.3 Å². The molecule has 0 amide bonds. The lowest BCUT2D eigenvalue weighted by Crippen LogP contribution is -2.30. The second-order valence-electron chi connectivity index (χ2n) is 5.29.